The van der Waals surface area contributed by atoms with E-state index in [9.17, 15) is 14.4 Å². The number of benzene rings is 1. The van der Waals surface area contributed by atoms with Crippen molar-refractivity contribution in [2.75, 3.05) is 32.8 Å². The number of hydrogen-bond acceptors (Lipinski definition) is 6. The Balaban J connectivity index is 1.41. The number of urea groups is 1. The molecule has 2 N–H and O–H groups in total. The molecule has 4 amide bonds. The third-order valence-corrected chi connectivity index (χ3v) is 6.29. The molecule has 0 aromatic heterocycles. The number of fused-ring (bicyclic) bond motifs is 2. The van der Waals surface area contributed by atoms with Crippen LogP contribution in [-0.2, 0) is 9.59 Å². The number of methoxy groups -OCH3 is 3. The van der Waals surface area contributed by atoms with Gasteiger partial charge in [-0.2, -0.15) is 0 Å². The van der Waals surface area contributed by atoms with Gasteiger partial charge in [0, 0.05) is 18.7 Å². The quantitative estimate of drug-likeness (QED) is 0.483. The first-order chi connectivity index (χ1) is 14.9. The Kier molecular flexibility index (Phi) is 5.75. The highest BCUT2D eigenvalue weighted by atomic mass is 16.5. The van der Waals surface area contributed by atoms with Crippen LogP contribution >= 0.6 is 0 Å². The Hall–Kier alpha value is -3.23. The topological polar surface area (TPSA) is 106 Å². The Morgan fingerprint density at radius 1 is 1.10 bits per heavy atom. The summed E-state index contributed by atoms with van der Waals surface area (Å²) in [6, 6.07) is 1.51. The molecule has 166 valence electrons. The third-order valence-electron chi connectivity index (χ3n) is 6.29. The molecule has 0 radical (unpaired) electrons. The number of nitrogens with zero attached hydrogens (tertiary/aromatic N) is 1. The fraction of sp³-hybridized carbons (Fsp3) is 0.500. The number of carbonyl (C=O) groups is 3. The van der Waals surface area contributed by atoms with E-state index in [4.69, 9.17) is 14.2 Å². The van der Waals surface area contributed by atoms with Crippen LogP contribution in [0.15, 0.2) is 24.3 Å². The van der Waals surface area contributed by atoms with E-state index in [1.807, 2.05) is 0 Å². The summed E-state index contributed by atoms with van der Waals surface area (Å²) in [5, 5.41) is 5.52. The van der Waals surface area contributed by atoms with Crippen LogP contribution in [-0.4, -0.2) is 51.8 Å². The van der Waals surface area contributed by atoms with Crippen molar-refractivity contribution < 1.29 is 28.6 Å². The first kappa shape index (κ1) is 21.0. The van der Waals surface area contributed by atoms with Crippen molar-refractivity contribution in [3.05, 3.63) is 24.3 Å². The number of ether oxygens (including phenoxy) is 3. The van der Waals surface area contributed by atoms with Gasteiger partial charge in [-0.15, -0.1) is 0 Å². The summed E-state index contributed by atoms with van der Waals surface area (Å²) in [7, 11) is 4.37. The van der Waals surface area contributed by atoms with Crippen molar-refractivity contribution in [3.8, 4) is 17.2 Å². The molecule has 2 fully saturated rings. The highest BCUT2D eigenvalue weighted by Crippen LogP contribution is 2.43. The van der Waals surface area contributed by atoms with Crippen molar-refractivity contribution in [2.24, 2.45) is 17.8 Å². The summed E-state index contributed by atoms with van der Waals surface area (Å²) in [4.78, 5) is 38.9. The first-order valence-corrected chi connectivity index (χ1v) is 10.3. The van der Waals surface area contributed by atoms with E-state index in [2.05, 4.69) is 22.8 Å². The van der Waals surface area contributed by atoms with Crippen molar-refractivity contribution >= 4 is 23.5 Å². The van der Waals surface area contributed by atoms with Crippen LogP contribution in [0.4, 0.5) is 10.5 Å². The van der Waals surface area contributed by atoms with Crippen LogP contribution in [0.2, 0.25) is 0 Å². The van der Waals surface area contributed by atoms with Crippen LogP contribution in [0.1, 0.15) is 19.3 Å². The van der Waals surface area contributed by atoms with E-state index in [1.54, 1.807) is 0 Å². The zero-order valence-corrected chi connectivity index (χ0v) is 17.8. The van der Waals surface area contributed by atoms with Gasteiger partial charge in [-0.3, -0.25) is 9.59 Å². The molecule has 4 rings (SSSR count). The molecule has 9 nitrogen and oxygen atoms in total. The standard InChI is InChI=1S/C22H27N3O6/c1-29-17-8-15(9-18(30-2)20(17)31-3)25-21(27)16(24-22(25)28)10-19(26)23-11-14-7-12-4-5-13(14)6-12/h4-5,8-9,12-14,16H,6-7,10-11H2,1-3H3,(H,23,26)(H,24,28)/t12-,13-,14-,16+/m0/s1. The van der Waals surface area contributed by atoms with Gasteiger partial charge >= 0.3 is 6.03 Å². The lowest BCUT2D eigenvalue weighted by molar-refractivity contribution is -0.125. The lowest BCUT2D eigenvalue weighted by atomic mass is 9.93. The van der Waals surface area contributed by atoms with Gasteiger partial charge in [0.2, 0.25) is 11.7 Å². The molecule has 4 atom stereocenters. The van der Waals surface area contributed by atoms with Crippen LogP contribution in [0.25, 0.3) is 0 Å². The largest absolute Gasteiger partial charge is 0.493 e. The van der Waals surface area contributed by atoms with Crippen molar-refractivity contribution in [1.82, 2.24) is 10.6 Å². The third kappa shape index (κ3) is 3.92. The highest BCUT2D eigenvalue weighted by molar-refractivity contribution is 6.22. The number of nitrogens with one attached hydrogen (secondary N) is 2. The van der Waals surface area contributed by atoms with Crippen LogP contribution < -0.4 is 29.7 Å². The summed E-state index contributed by atoms with van der Waals surface area (Å²) < 4.78 is 15.9. The zero-order chi connectivity index (χ0) is 22.1. The molecular weight excluding hydrogens is 402 g/mol. The minimum Gasteiger partial charge on any atom is -0.493 e. The number of anilines is 1. The Morgan fingerprint density at radius 2 is 1.81 bits per heavy atom. The smallest absolute Gasteiger partial charge is 0.329 e. The van der Waals surface area contributed by atoms with Gasteiger partial charge in [0.1, 0.15) is 6.04 Å². The predicted molar refractivity (Wildman–Crippen MR) is 112 cm³/mol. The average molecular weight is 429 g/mol. The molecule has 0 unspecified atom stereocenters. The van der Waals surface area contributed by atoms with Gasteiger partial charge in [-0.25, -0.2) is 9.69 Å². The molecule has 9 heteroatoms. The minimum atomic E-state index is -0.925. The summed E-state index contributed by atoms with van der Waals surface area (Å²) >= 11 is 0. The maximum atomic E-state index is 12.9. The van der Waals surface area contributed by atoms with Crippen LogP contribution in [0.5, 0.6) is 17.2 Å². The Labute approximate surface area is 180 Å². The minimum absolute atomic E-state index is 0.109. The second-order valence-corrected chi connectivity index (χ2v) is 8.11. The molecule has 2 bridgehead atoms. The molecule has 1 aliphatic heterocycles. The van der Waals surface area contributed by atoms with E-state index >= 15 is 0 Å². The molecule has 1 heterocycles. The lowest BCUT2D eigenvalue weighted by Gasteiger charge is -2.19. The van der Waals surface area contributed by atoms with Crippen molar-refractivity contribution in [3.63, 3.8) is 0 Å². The Bertz CT molecular complexity index is 905. The average Bonchev–Trinajstić information content (AvgIpc) is 3.46. The second-order valence-electron chi connectivity index (χ2n) is 8.11. The number of carbonyl (C=O) groups excluding carboxylic acids is 3. The molecule has 1 aromatic carbocycles. The van der Waals surface area contributed by atoms with Crippen molar-refractivity contribution in [2.45, 2.75) is 25.3 Å². The van der Waals surface area contributed by atoms with Gasteiger partial charge in [0.15, 0.2) is 11.5 Å². The Morgan fingerprint density at radius 3 is 2.35 bits per heavy atom. The summed E-state index contributed by atoms with van der Waals surface area (Å²) in [6.07, 6.45) is 6.65. The highest BCUT2D eigenvalue weighted by Gasteiger charge is 2.41. The molecule has 1 aromatic rings. The molecule has 2 aliphatic carbocycles. The maximum absolute atomic E-state index is 12.9. The van der Waals surface area contributed by atoms with E-state index in [1.165, 1.54) is 39.9 Å². The fourth-order valence-electron chi connectivity index (χ4n) is 4.74. The van der Waals surface area contributed by atoms with Gasteiger partial charge in [0.25, 0.3) is 5.91 Å². The van der Waals surface area contributed by atoms with Crippen molar-refractivity contribution in [1.29, 1.82) is 0 Å². The summed E-state index contributed by atoms with van der Waals surface area (Å²) in [5.41, 5.74) is 0.272. The molecule has 31 heavy (non-hydrogen) atoms. The first-order valence-electron chi connectivity index (χ1n) is 10.3. The fourth-order valence-corrected chi connectivity index (χ4v) is 4.74. The predicted octanol–water partition coefficient (Wildman–Crippen LogP) is 1.86. The van der Waals surface area contributed by atoms with Gasteiger partial charge in [0.05, 0.1) is 33.4 Å². The number of amides is 4. The summed E-state index contributed by atoms with van der Waals surface area (Å²) in [5.74, 6) is 1.85. The second kappa shape index (κ2) is 8.49. The van der Waals surface area contributed by atoms with Gasteiger partial charge in [-0.1, -0.05) is 12.2 Å². The number of allylic oxidation sites excluding steroid dienone is 2. The maximum Gasteiger partial charge on any atom is 0.329 e. The SMILES string of the molecule is COc1cc(N2C(=O)N[C@H](CC(=O)NC[C@@H]3C[C@H]4C=C[C@H]3C4)C2=O)cc(OC)c1OC. The van der Waals surface area contributed by atoms with Gasteiger partial charge in [-0.05, 0) is 30.6 Å². The van der Waals surface area contributed by atoms with E-state index < -0.39 is 18.0 Å². The van der Waals surface area contributed by atoms with Crippen LogP contribution in [0.3, 0.4) is 0 Å². The molecule has 1 saturated carbocycles. The lowest BCUT2D eigenvalue weighted by Crippen LogP contribution is -2.38. The zero-order valence-electron chi connectivity index (χ0n) is 17.8. The van der Waals surface area contributed by atoms with E-state index in [0.717, 1.165) is 11.3 Å². The van der Waals surface area contributed by atoms with E-state index in [0.29, 0.717) is 41.5 Å². The summed E-state index contributed by atoms with van der Waals surface area (Å²) in [6.45, 7) is 0.593. The number of rotatable bonds is 8. The molecule has 0 spiro atoms. The molecule has 1 saturated heterocycles. The number of hydrogen-bond donors (Lipinski definition) is 2. The monoisotopic (exact) mass is 429 g/mol. The normalized spacial score (nSPS) is 26.2. The molecular formula is C22H27N3O6. The van der Waals surface area contributed by atoms with E-state index in [-0.39, 0.29) is 18.0 Å². The van der Waals surface area contributed by atoms with Crippen LogP contribution in [0, 0.1) is 17.8 Å². The van der Waals surface area contributed by atoms with Gasteiger partial charge < -0.3 is 24.8 Å². The number of imide groups is 1. The molecule has 3 aliphatic rings.